The highest BCUT2D eigenvalue weighted by Gasteiger charge is 2.38. The predicted molar refractivity (Wildman–Crippen MR) is 80.8 cm³/mol. The van der Waals surface area contributed by atoms with Crippen molar-refractivity contribution in [3.63, 3.8) is 0 Å². The number of rotatable bonds is 4. The maximum atomic E-state index is 12.1. The summed E-state index contributed by atoms with van der Waals surface area (Å²) >= 11 is 3.39. The van der Waals surface area contributed by atoms with E-state index in [0.717, 1.165) is 23.0 Å². The number of carbonyl (C=O) groups excluding carboxylic acids is 1. The minimum absolute atomic E-state index is 0.103. The van der Waals surface area contributed by atoms with Crippen LogP contribution in [0.25, 0.3) is 0 Å². The molecule has 19 heavy (non-hydrogen) atoms. The van der Waals surface area contributed by atoms with Crippen LogP contribution in [0.15, 0.2) is 28.7 Å². The zero-order valence-electron chi connectivity index (χ0n) is 11.5. The Labute approximate surface area is 122 Å². The number of urea groups is 1. The van der Waals surface area contributed by atoms with Crippen molar-refractivity contribution in [1.29, 1.82) is 0 Å². The number of hydrogen-bond acceptors (Lipinski definition) is 2. The van der Waals surface area contributed by atoms with E-state index >= 15 is 0 Å². The molecule has 0 bridgehead atoms. The van der Waals surface area contributed by atoms with Crippen LogP contribution < -0.4 is 15.8 Å². The number of nitrogens with one attached hydrogen (secondary N) is 2. The van der Waals surface area contributed by atoms with Crippen LogP contribution in [0.2, 0.25) is 0 Å². The van der Waals surface area contributed by atoms with Crippen molar-refractivity contribution < 1.29 is 4.79 Å². The second kappa shape index (κ2) is 5.51. The highest BCUT2D eigenvalue weighted by molar-refractivity contribution is 9.10. The molecule has 0 aliphatic carbocycles. The van der Waals surface area contributed by atoms with Crippen LogP contribution in [-0.2, 0) is 0 Å². The lowest BCUT2D eigenvalue weighted by molar-refractivity contribution is 0.245. The molecular weight excluding hydrogens is 306 g/mol. The molecule has 0 spiro atoms. The fourth-order valence-electron chi connectivity index (χ4n) is 2.09. The molecule has 2 N–H and O–H groups in total. The molecule has 0 aromatic heterocycles. The van der Waals surface area contributed by atoms with Gasteiger partial charge in [0.1, 0.15) is 5.66 Å². The van der Waals surface area contributed by atoms with Gasteiger partial charge in [-0.2, -0.15) is 0 Å². The van der Waals surface area contributed by atoms with Gasteiger partial charge < -0.3 is 5.32 Å². The Bertz CT molecular complexity index is 460. The summed E-state index contributed by atoms with van der Waals surface area (Å²) in [6.07, 6.45) is 1.97. The summed E-state index contributed by atoms with van der Waals surface area (Å²) in [7, 11) is 0. The molecule has 104 valence electrons. The second-order valence-electron chi connectivity index (χ2n) is 5.62. The molecule has 0 unspecified atom stereocenters. The number of amides is 2. The van der Waals surface area contributed by atoms with Crippen molar-refractivity contribution >= 4 is 27.6 Å². The SMILES string of the molecule is CC(C)CC[C@]1(C)NC(=O)N(c2ccc(Br)cc2)N1. The molecule has 2 rings (SSSR count). The van der Waals surface area contributed by atoms with Gasteiger partial charge in [0.05, 0.1) is 5.69 Å². The Kier molecular flexibility index (Phi) is 4.16. The van der Waals surface area contributed by atoms with E-state index in [1.54, 1.807) is 5.01 Å². The van der Waals surface area contributed by atoms with Gasteiger partial charge in [-0.05, 0) is 49.9 Å². The first-order valence-electron chi connectivity index (χ1n) is 6.55. The number of hydrogen-bond donors (Lipinski definition) is 2. The molecule has 0 radical (unpaired) electrons. The van der Waals surface area contributed by atoms with Crippen LogP contribution in [0.4, 0.5) is 10.5 Å². The summed E-state index contributed by atoms with van der Waals surface area (Å²) in [6, 6.07) is 7.56. The number of halogens is 1. The van der Waals surface area contributed by atoms with Gasteiger partial charge in [0.15, 0.2) is 0 Å². The number of hydrazine groups is 1. The van der Waals surface area contributed by atoms with Gasteiger partial charge in [-0.15, -0.1) is 0 Å². The van der Waals surface area contributed by atoms with E-state index in [1.165, 1.54) is 0 Å². The normalized spacial score (nSPS) is 23.0. The molecule has 1 atom stereocenters. The van der Waals surface area contributed by atoms with E-state index in [2.05, 4.69) is 40.5 Å². The Hall–Kier alpha value is -1.07. The van der Waals surface area contributed by atoms with E-state index in [0.29, 0.717) is 5.92 Å². The quantitative estimate of drug-likeness (QED) is 0.887. The molecule has 1 heterocycles. The van der Waals surface area contributed by atoms with Crippen LogP contribution in [0.3, 0.4) is 0 Å². The largest absolute Gasteiger partial charge is 0.338 e. The lowest BCUT2D eigenvalue weighted by atomic mass is 10.0. The monoisotopic (exact) mass is 325 g/mol. The second-order valence-corrected chi connectivity index (χ2v) is 6.53. The summed E-state index contributed by atoms with van der Waals surface area (Å²) in [5, 5.41) is 4.59. The summed E-state index contributed by atoms with van der Waals surface area (Å²) < 4.78 is 0.999. The first kappa shape index (κ1) is 14.3. The van der Waals surface area contributed by atoms with E-state index in [1.807, 2.05) is 31.2 Å². The van der Waals surface area contributed by atoms with Gasteiger partial charge in [-0.3, -0.25) is 0 Å². The highest BCUT2D eigenvalue weighted by atomic mass is 79.9. The van der Waals surface area contributed by atoms with Gasteiger partial charge in [-0.25, -0.2) is 15.2 Å². The van der Waals surface area contributed by atoms with Crippen LogP contribution in [0.1, 0.15) is 33.6 Å². The predicted octanol–water partition coefficient (Wildman–Crippen LogP) is 3.64. The first-order chi connectivity index (χ1) is 8.89. The van der Waals surface area contributed by atoms with Gasteiger partial charge in [0.25, 0.3) is 0 Å². The third kappa shape index (κ3) is 3.48. The maximum absolute atomic E-state index is 12.1. The molecule has 4 nitrogen and oxygen atoms in total. The van der Waals surface area contributed by atoms with Crippen molar-refractivity contribution in [2.75, 3.05) is 5.01 Å². The number of nitrogens with zero attached hydrogens (tertiary/aromatic N) is 1. The minimum atomic E-state index is -0.367. The number of carbonyl (C=O) groups is 1. The number of anilines is 1. The number of benzene rings is 1. The molecule has 0 saturated carbocycles. The average Bonchev–Trinajstić information content (AvgIpc) is 2.64. The Morgan fingerprint density at radius 1 is 1.32 bits per heavy atom. The molecule has 1 aliphatic heterocycles. The molecular formula is C14H20BrN3O. The zero-order valence-corrected chi connectivity index (χ0v) is 13.1. The Morgan fingerprint density at radius 3 is 2.53 bits per heavy atom. The van der Waals surface area contributed by atoms with Crippen molar-refractivity contribution in [2.24, 2.45) is 5.92 Å². The highest BCUT2D eigenvalue weighted by Crippen LogP contribution is 2.24. The van der Waals surface area contributed by atoms with Crippen LogP contribution in [-0.4, -0.2) is 11.7 Å². The van der Waals surface area contributed by atoms with Gasteiger partial charge >= 0.3 is 6.03 Å². The maximum Gasteiger partial charge on any atom is 0.338 e. The summed E-state index contributed by atoms with van der Waals surface area (Å²) in [4.78, 5) is 12.1. The van der Waals surface area contributed by atoms with Crippen molar-refractivity contribution in [3.8, 4) is 0 Å². The van der Waals surface area contributed by atoms with Crippen molar-refractivity contribution in [2.45, 2.75) is 39.3 Å². The third-order valence-corrected chi connectivity index (χ3v) is 3.78. The molecule has 1 aromatic carbocycles. The van der Waals surface area contributed by atoms with Crippen molar-refractivity contribution in [3.05, 3.63) is 28.7 Å². The molecule has 2 amide bonds. The lowest BCUT2D eigenvalue weighted by Crippen LogP contribution is -2.48. The smallest absolute Gasteiger partial charge is 0.317 e. The Morgan fingerprint density at radius 2 is 1.95 bits per heavy atom. The minimum Gasteiger partial charge on any atom is -0.317 e. The first-order valence-corrected chi connectivity index (χ1v) is 7.34. The summed E-state index contributed by atoms with van der Waals surface area (Å²) in [6.45, 7) is 6.39. The molecule has 5 heteroatoms. The molecule has 1 aromatic rings. The average molecular weight is 326 g/mol. The standard InChI is InChI=1S/C14H20BrN3O/c1-10(2)8-9-14(3)16-13(19)18(17-14)12-6-4-11(15)5-7-12/h4-7,10,17H,8-9H2,1-3H3,(H,16,19)/t14-/m1/s1. The molecule has 1 fully saturated rings. The summed E-state index contributed by atoms with van der Waals surface area (Å²) in [5.74, 6) is 0.622. The van der Waals surface area contributed by atoms with Gasteiger partial charge in [-0.1, -0.05) is 29.8 Å². The van der Waals surface area contributed by atoms with Crippen LogP contribution >= 0.6 is 15.9 Å². The topological polar surface area (TPSA) is 44.4 Å². The molecule has 1 aliphatic rings. The fraction of sp³-hybridized carbons (Fsp3) is 0.500. The van der Waals surface area contributed by atoms with Crippen LogP contribution in [0, 0.1) is 5.92 Å². The van der Waals surface area contributed by atoms with Crippen LogP contribution in [0.5, 0.6) is 0 Å². The van der Waals surface area contributed by atoms with Gasteiger partial charge in [0, 0.05) is 4.47 Å². The summed E-state index contributed by atoms with van der Waals surface area (Å²) in [5.41, 5.74) is 3.74. The Balaban J connectivity index is 2.08. The fourth-order valence-corrected chi connectivity index (χ4v) is 2.35. The van der Waals surface area contributed by atoms with E-state index in [-0.39, 0.29) is 11.7 Å². The van der Waals surface area contributed by atoms with E-state index < -0.39 is 0 Å². The van der Waals surface area contributed by atoms with E-state index in [9.17, 15) is 4.79 Å². The molecule has 1 saturated heterocycles. The van der Waals surface area contributed by atoms with Gasteiger partial charge in [0.2, 0.25) is 0 Å². The zero-order chi connectivity index (χ0) is 14.0. The van der Waals surface area contributed by atoms with Crippen molar-refractivity contribution in [1.82, 2.24) is 10.7 Å². The van der Waals surface area contributed by atoms with E-state index in [4.69, 9.17) is 0 Å². The lowest BCUT2D eigenvalue weighted by Gasteiger charge is -2.25. The third-order valence-electron chi connectivity index (χ3n) is 3.25.